The number of hydrogen-bond donors (Lipinski definition) is 1. The lowest BCUT2D eigenvalue weighted by molar-refractivity contribution is -0.160. The van der Waals surface area contributed by atoms with Gasteiger partial charge in [-0.15, -0.1) is 0 Å². The third kappa shape index (κ3) is 20.6. The second kappa shape index (κ2) is 20.8. The van der Waals surface area contributed by atoms with Crippen LogP contribution < -0.4 is 0 Å². The molecule has 0 aliphatic heterocycles. The molecule has 0 heterocycles. The maximum absolute atomic E-state index is 11.7. The minimum Gasteiger partial charge on any atom is -0.462 e. The van der Waals surface area contributed by atoms with Crippen LogP contribution in [-0.2, 0) is 23.9 Å². The van der Waals surface area contributed by atoms with Crippen molar-refractivity contribution in [2.45, 2.75) is 77.7 Å². The summed E-state index contributed by atoms with van der Waals surface area (Å²) in [6.07, 6.45) is 21.8. The maximum Gasteiger partial charge on any atom is 0.306 e. The van der Waals surface area contributed by atoms with Gasteiger partial charge in [0.25, 0.3) is 0 Å². The molecular formula is C25H38O6. The van der Waals surface area contributed by atoms with E-state index in [4.69, 9.17) is 14.6 Å². The van der Waals surface area contributed by atoms with Crippen LogP contribution in [-0.4, -0.2) is 42.1 Å². The normalized spacial score (nSPS) is 12.9. The van der Waals surface area contributed by atoms with Crippen molar-refractivity contribution in [1.82, 2.24) is 0 Å². The first-order chi connectivity index (χ1) is 15.0. The molecule has 0 aliphatic carbocycles. The number of esters is 2. The molecule has 1 N–H and O–H groups in total. The molecule has 6 nitrogen and oxygen atoms in total. The molecule has 31 heavy (non-hydrogen) atoms. The summed E-state index contributed by atoms with van der Waals surface area (Å²) < 4.78 is 9.78. The summed E-state index contributed by atoms with van der Waals surface area (Å²) >= 11 is 0. The van der Waals surface area contributed by atoms with Gasteiger partial charge >= 0.3 is 11.9 Å². The largest absolute Gasteiger partial charge is 0.462 e. The minimum absolute atomic E-state index is 0.132. The number of ketones is 1. The van der Waals surface area contributed by atoms with Crippen molar-refractivity contribution in [3.8, 4) is 0 Å². The van der Waals surface area contributed by atoms with Gasteiger partial charge in [-0.1, -0.05) is 62.3 Å². The van der Waals surface area contributed by atoms with E-state index in [1.165, 1.54) is 6.92 Å². The number of hydrogen-bond acceptors (Lipinski definition) is 6. The van der Waals surface area contributed by atoms with E-state index >= 15 is 0 Å². The summed E-state index contributed by atoms with van der Waals surface area (Å²) in [4.78, 5) is 34.0. The van der Waals surface area contributed by atoms with E-state index < -0.39 is 18.0 Å². The second-order valence-corrected chi connectivity index (χ2v) is 7.11. The van der Waals surface area contributed by atoms with Crippen LogP contribution in [0.5, 0.6) is 0 Å². The Hall–Kier alpha value is -2.47. The first-order valence-corrected chi connectivity index (χ1v) is 11.1. The van der Waals surface area contributed by atoms with Crippen molar-refractivity contribution in [3.05, 3.63) is 48.6 Å². The van der Waals surface area contributed by atoms with Crippen LogP contribution in [0.4, 0.5) is 0 Å². The molecule has 0 aliphatic rings. The zero-order valence-corrected chi connectivity index (χ0v) is 19.0. The molecule has 0 aromatic heterocycles. The molecule has 0 aromatic rings. The summed E-state index contributed by atoms with van der Waals surface area (Å²) in [6.45, 7) is 2.87. The SMILES string of the molecule is CCCCCC(=O)/C=C/C=C\C/C=C\C/C=C\CCCC(=O)O[C@@H](CO)COC(C)=O. The zero-order chi connectivity index (χ0) is 23.2. The molecule has 0 bridgehead atoms. The lowest BCUT2D eigenvalue weighted by Gasteiger charge is -2.14. The molecule has 0 aromatic carbocycles. The van der Waals surface area contributed by atoms with Crippen molar-refractivity contribution >= 4 is 17.7 Å². The fourth-order valence-electron chi connectivity index (χ4n) is 2.46. The fraction of sp³-hybridized carbons (Fsp3) is 0.560. The highest BCUT2D eigenvalue weighted by molar-refractivity contribution is 5.89. The van der Waals surface area contributed by atoms with Gasteiger partial charge in [-0.05, 0) is 38.2 Å². The standard InChI is InChI=1S/C25H38O6/c1-3-4-14-17-23(28)18-15-12-10-8-6-5-7-9-11-13-16-19-25(29)31-24(20-26)21-30-22(2)27/h5-6,9-12,15,18,24,26H,3-4,7-8,13-14,16-17,19-21H2,1-2H3/b6-5-,11-9-,12-10-,18-15+/t24-/m0/s1. The molecule has 1 atom stereocenters. The Kier molecular flexibility index (Phi) is 19.1. The zero-order valence-electron chi connectivity index (χ0n) is 19.0. The number of carbonyl (C=O) groups is 3. The van der Waals surface area contributed by atoms with E-state index in [2.05, 4.69) is 19.1 Å². The van der Waals surface area contributed by atoms with Crippen molar-refractivity contribution in [2.75, 3.05) is 13.2 Å². The number of ether oxygens (including phenoxy) is 2. The smallest absolute Gasteiger partial charge is 0.306 e. The van der Waals surface area contributed by atoms with Crippen LogP contribution in [0.25, 0.3) is 0 Å². The maximum atomic E-state index is 11.7. The van der Waals surface area contributed by atoms with Crippen LogP contribution in [0.1, 0.15) is 71.6 Å². The summed E-state index contributed by atoms with van der Waals surface area (Å²) in [6, 6.07) is 0. The second-order valence-electron chi connectivity index (χ2n) is 7.11. The van der Waals surface area contributed by atoms with Gasteiger partial charge in [-0.25, -0.2) is 0 Å². The van der Waals surface area contributed by atoms with Gasteiger partial charge in [0.05, 0.1) is 6.61 Å². The highest BCUT2D eigenvalue weighted by atomic mass is 16.6. The number of aliphatic hydroxyl groups is 1. The van der Waals surface area contributed by atoms with E-state index in [0.29, 0.717) is 12.8 Å². The molecule has 0 radical (unpaired) electrons. The van der Waals surface area contributed by atoms with Gasteiger partial charge in [0.15, 0.2) is 11.9 Å². The summed E-state index contributed by atoms with van der Waals surface area (Å²) in [7, 11) is 0. The van der Waals surface area contributed by atoms with Crippen LogP contribution in [0.3, 0.4) is 0 Å². The molecule has 0 fully saturated rings. The Morgan fingerprint density at radius 1 is 0.903 bits per heavy atom. The van der Waals surface area contributed by atoms with Crippen LogP contribution in [0, 0.1) is 0 Å². The topological polar surface area (TPSA) is 89.9 Å². The molecule has 0 unspecified atom stereocenters. The van der Waals surface area contributed by atoms with Gasteiger partial charge in [-0.3, -0.25) is 14.4 Å². The van der Waals surface area contributed by atoms with Crippen molar-refractivity contribution < 1.29 is 29.0 Å². The van der Waals surface area contributed by atoms with Crippen LogP contribution in [0.2, 0.25) is 0 Å². The van der Waals surface area contributed by atoms with Crippen molar-refractivity contribution in [1.29, 1.82) is 0 Å². The first-order valence-electron chi connectivity index (χ1n) is 11.1. The number of aliphatic hydroxyl groups excluding tert-OH is 1. The average molecular weight is 435 g/mol. The lowest BCUT2D eigenvalue weighted by Crippen LogP contribution is -2.28. The predicted molar refractivity (Wildman–Crippen MR) is 122 cm³/mol. The van der Waals surface area contributed by atoms with E-state index in [1.807, 2.05) is 24.3 Å². The van der Waals surface area contributed by atoms with Gasteiger partial charge in [0.1, 0.15) is 6.61 Å². The van der Waals surface area contributed by atoms with E-state index in [1.54, 1.807) is 12.2 Å². The minimum atomic E-state index is -0.812. The molecule has 0 amide bonds. The van der Waals surface area contributed by atoms with Gasteiger partial charge in [0.2, 0.25) is 0 Å². The van der Waals surface area contributed by atoms with Crippen LogP contribution in [0.15, 0.2) is 48.6 Å². The molecule has 174 valence electrons. The highest BCUT2D eigenvalue weighted by Crippen LogP contribution is 2.04. The van der Waals surface area contributed by atoms with Crippen molar-refractivity contribution in [3.63, 3.8) is 0 Å². The Morgan fingerprint density at radius 3 is 2.29 bits per heavy atom. The third-order valence-corrected chi connectivity index (χ3v) is 4.16. The average Bonchev–Trinajstić information content (AvgIpc) is 2.74. The van der Waals surface area contributed by atoms with Gasteiger partial charge in [0, 0.05) is 19.8 Å². The molecule has 0 spiro atoms. The predicted octanol–water partition coefficient (Wildman–Crippen LogP) is 4.78. The Morgan fingerprint density at radius 2 is 1.61 bits per heavy atom. The Balaban J connectivity index is 3.77. The number of unbranched alkanes of at least 4 members (excludes halogenated alkanes) is 3. The molecular weight excluding hydrogens is 396 g/mol. The highest BCUT2D eigenvalue weighted by Gasteiger charge is 2.14. The van der Waals surface area contributed by atoms with E-state index in [0.717, 1.165) is 38.5 Å². The first kappa shape index (κ1) is 28.5. The van der Waals surface area contributed by atoms with E-state index in [9.17, 15) is 14.4 Å². The quantitative estimate of drug-likeness (QED) is 0.110. The number of allylic oxidation sites excluding steroid dienone is 8. The fourth-order valence-corrected chi connectivity index (χ4v) is 2.46. The molecule has 0 rings (SSSR count). The molecule has 0 saturated carbocycles. The van der Waals surface area contributed by atoms with Crippen molar-refractivity contribution in [2.24, 2.45) is 0 Å². The summed E-state index contributed by atoms with van der Waals surface area (Å²) in [5, 5.41) is 9.11. The van der Waals surface area contributed by atoms with E-state index in [-0.39, 0.29) is 25.4 Å². The summed E-state index contributed by atoms with van der Waals surface area (Å²) in [5.41, 5.74) is 0. The Bertz CT molecular complexity index is 616. The molecule has 6 heteroatoms. The lowest BCUT2D eigenvalue weighted by atomic mass is 10.1. The monoisotopic (exact) mass is 434 g/mol. The van der Waals surface area contributed by atoms with Crippen LogP contribution >= 0.6 is 0 Å². The number of carbonyl (C=O) groups excluding carboxylic acids is 3. The summed E-state index contributed by atoms with van der Waals surface area (Å²) in [5.74, 6) is -0.712. The number of rotatable bonds is 18. The van der Waals surface area contributed by atoms with Gasteiger partial charge < -0.3 is 14.6 Å². The Labute approximate surface area is 186 Å². The molecule has 0 saturated heterocycles. The third-order valence-electron chi connectivity index (χ3n) is 4.16. The van der Waals surface area contributed by atoms with Gasteiger partial charge in [-0.2, -0.15) is 0 Å².